The minimum absolute atomic E-state index is 0.201. The van der Waals surface area contributed by atoms with E-state index in [1.807, 2.05) is 0 Å². The van der Waals surface area contributed by atoms with Gasteiger partial charge in [0.25, 0.3) is 5.56 Å². The van der Waals surface area contributed by atoms with Crippen LogP contribution >= 0.6 is 35.2 Å². The summed E-state index contributed by atoms with van der Waals surface area (Å²) in [6, 6.07) is 0. The van der Waals surface area contributed by atoms with Crippen LogP contribution in [-0.2, 0) is 31.6 Å². The smallest absolute Gasteiger partial charge is 0.350 e. The van der Waals surface area contributed by atoms with E-state index < -0.39 is 53.7 Å². The number of rotatable bonds is 8. The fraction of sp³-hybridized carbons (Fsp3) is 0.600. The highest BCUT2D eigenvalue weighted by molar-refractivity contribution is 8.07. The predicted molar refractivity (Wildman–Crippen MR) is 95.0 cm³/mol. The number of aromatic amines is 1. The second kappa shape index (κ2) is 7.83. The van der Waals surface area contributed by atoms with E-state index in [-0.39, 0.29) is 16.1 Å². The molecule has 5 N–H and O–H groups in total. The molecule has 6 atom stereocenters. The number of H-pyrrole nitrogens is 1. The second-order valence-electron chi connectivity index (χ2n) is 6.00. The average Bonchev–Trinajstić information content (AvgIpc) is 3.21. The summed E-state index contributed by atoms with van der Waals surface area (Å²) in [5.41, 5.74) is -0.981. The summed E-state index contributed by atoms with van der Waals surface area (Å²) >= 11 is 1.38. The molecule has 2 saturated heterocycles. The number of hydrogen-bond donors (Lipinski definition) is 5. The van der Waals surface area contributed by atoms with E-state index in [1.165, 1.54) is 29.4 Å². The number of ether oxygens (including phenoxy) is 1. The Balaban J connectivity index is 1.63. The summed E-state index contributed by atoms with van der Waals surface area (Å²) in [5, 5.41) is -0.432. The zero-order valence-corrected chi connectivity index (χ0v) is 17.8. The van der Waals surface area contributed by atoms with Crippen molar-refractivity contribution in [3.8, 4) is 0 Å². The van der Waals surface area contributed by atoms with Gasteiger partial charge in [-0.3, -0.25) is 18.9 Å². The molecule has 2 aliphatic heterocycles. The molecule has 2 fully saturated rings. The first-order valence-corrected chi connectivity index (χ1v) is 13.1. The van der Waals surface area contributed by atoms with Crippen LogP contribution in [-0.4, -0.2) is 52.3 Å². The van der Waals surface area contributed by atoms with E-state index in [2.05, 4.69) is 18.1 Å². The minimum atomic E-state index is -5.60. The van der Waals surface area contributed by atoms with Crippen LogP contribution in [0.2, 0.25) is 0 Å². The van der Waals surface area contributed by atoms with Gasteiger partial charge in [-0.15, -0.1) is 11.8 Å². The SMILES string of the molecule is Cc1cn([C@@H]2O[C@H](COP(=O)(O)OP(=O)(O)OP(=O)(O)O)[C@@H]3S[C@@H]32)c(=O)[nH]c1=O. The molecule has 29 heavy (non-hydrogen) atoms. The molecule has 19 heteroatoms. The molecular weight excluding hydrogens is 481 g/mol. The molecule has 2 unspecified atom stereocenters. The lowest BCUT2D eigenvalue weighted by Crippen LogP contribution is -2.35. The highest BCUT2D eigenvalue weighted by atomic mass is 32.2. The Morgan fingerprint density at radius 3 is 2.41 bits per heavy atom. The molecule has 2 aliphatic rings. The first-order chi connectivity index (χ1) is 13.2. The molecule has 1 aromatic rings. The quantitative estimate of drug-likeness (QED) is 0.228. The number of hydrogen-bond acceptors (Lipinski definition) is 10. The first kappa shape index (κ1) is 23.1. The zero-order valence-electron chi connectivity index (χ0n) is 14.3. The van der Waals surface area contributed by atoms with Crippen LogP contribution in [0.4, 0.5) is 0 Å². The van der Waals surface area contributed by atoms with Gasteiger partial charge >= 0.3 is 29.2 Å². The standard InChI is InChI=1S/C10H15N2O13P3S/c1-4-2-12(10(14)11-8(4)13)9-7-6(29-7)5(23-9)3-22-27(18,19)25-28(20,21)24-26(15,16)17/h2,5-7,9H,3H2,1H3,(H,18,19)(H,20,21)(H,11,13,14)(H2,15,16,17)/t5-,6+,7+,9-/m1/s1. The summed E-state index contributed by atoms with van der Waals surface area (Å²) in [6.07, 6.45) is -0.298. The van der Waals surface area contributed by atoms with Crippen molar-refractivity contribution in [2.45, 2.75) is 29.8 Å². The number of aromatic nitrogens is 2. The lowest BCUT2D eigenvalue weighted by Gasteiger charge is -2.21. The maximum absolute atomic E-state index is 12.0. The zero-order chi connectivity index (χ0) is 21.8. The third-order valence-corrected chi connectivity index (χ3v) is 9.00. The number of nitrogens with zero attached hydrogens (tertiary/aromatic N) is 1. The van der Waals surface area contributed by atoms with Crippen molar-refractivity contribution in [3.63, 3.8) is 0 Å². The van der Waals surface area contributed by atoms with Crippen LogP contribution in [0.25, 0.3) is 0 Å². The van der Waals surface area contributed by atoms with Crippen molar-refractivity contribution < 1.29 is 51.2 Å². The van der Waals surface area contributed by atoms with Gasteiger partial charge in [0, 0.05) is 11.8 Å². The summed E-state index contributed by atoms with van der Waals surface area (Å²) in [5.74, 6) is 0. The van der Waals surface area contributed by atoms with Gasteiger partial charge in [-0.25, -0.2) is 18.5 Å². The average molecular weight is 496 g/mol. The van der Waals surface area contributed by atoms with Crippen molar-refractivity contribution in [2.24, 2.45) is 0 Å². The van der Waals surface area contributed by atoms with E-state index in [0.29, 0.717) is 0 Å². The Hall–Kier alpha value is -0.600. The molecular formula is C10H15N2O13P3S. The van der Waals surface area contributed by atoms with E-state index in [1.54, 1.807) is 0 Å². The van der Waals surface area contributed by atoms with Gasteiger partial charge in [0.05, 0.1) is 23.2 Å². The Labute approximate surface area is 165 Å². The second-order valence-corrected chi connectivity index (χ2v) is 11.8. The number of fused-ring (bicyclic) bond motifs is 1. The van der Waals surface area contributed by atoms with Gasteiger partial charge < -0.3 is 24.3 Å². The van der Waals surface area contributed by atoms with Crippen LogP contribution < -0.4 is 11.2 Å². The van der Waals surface area contributed by atoms with Gasteiger partial charge in [-0.2, -0.15) is 8.62 Å². The van der Waals surface area contributed by atoms with Crippen molar-refractivity contribution >= 4 is 35.2 Å². The van der Waals surface area contributed by atoms with Gasteiger partial charge in [-0.05, 0) is 6.92 Å². The van der Waals surface area contributed by atoms with Crippen molar-refractivity contribution in [3.05, 3.63) is 32.6 Å². The molecule has 15 nitrogen and oxygen atoms in total. The maximum atomic E-state index is 12.0. The maximum Gasteiger partial charge on any atom is 0.490 e. The fourth-order valence-electron chi connectivity index (χ4n) is 2.60. The van der Waals surface area contributed by atoms with Gasteiger partial charge in [0.15, 0.2) is 6.23 Å². The molecule has 0 bridgehead atoms. The third kappa shape index (κ3) is 5.76. The molecule has 0 aliphatic carbocycles. The normalized spacial score (nSPS) is 30.4. The number of nitrogens with one attached hydrogen (secondary N) is 1. The summed E-state index contributed by atoms with van der Waals surface area (Å²) in [4.78, 5) is 61.1. The minimum Gasteiger partial charge on any atom is -0.350 e. The lowest BCUT2D eigenvalue weighted by atomic mass is 10.2. The van der Waals surface area contributed by atoms with Crippen LogP contribution in [0.3, 0.4) is 0 Å². The Bertz CT molecular complexity index is 1060. The Morgan fingerprint density at radius 2 is 1.79 bits per heavy atom. The van der Waals surface area contributed by atoms with Crippen molar-refractivity contribution in [1.82, 2.24) is 9.55 Å². The van der Waals surface area contributed by atoms with E-state index in [0.717, 1.165) is 0 Å². The molecule has 0 aromatic carbocycles. The summed E-state index contributed by atoms with van der Waals surface area (Å²) in [7, 11) is -16.4. The molecule has 0 saturated carbocycles. The number of thioether (sulfide) groups is 1. The number of aryl methyl sites for hydroxylation is 1. The molecule has 3 rings (SSSR count). The fourth-order valence-corrected chi connectivity index (χ4v) is 6.86. The van der Waals surface area contributed by atoms with Gasteiger partial charge in [-0.1, -0.05) is 0 Å². The third-order valence-electron chi connectivity index (χ3n) is 3.76. The largest absolute Gasteiger partial charge is 0.490 e. The molecule has 0 amide bonds. The molecule has 0 radical (unpaired) electrons. The van der Waals surface area contributed by atoms with Crippen LogP contribution in [0, 0.1) is 6.92 Å². The van der Waals surface area contributed by atoms with Crippen LogP contribution in [0.1, 0.15) is 11.8 Å². The molecule has 164 valence electrons. The van der Waals surface area contributed by atoms with E-state index in [9.17, 15) is 28.2 Å². The van der Waals surface area contributed by atoms with Crippen LogP contribution in [0.15, 0.2) is 15.8 Å². The Morgan fingerprint density at radius 1 is 1.14 bits per heavy atom. The Kier molecular flexibility index (Phi) is 6.23. The van der Waals surface area contributed by atoms with E-state index >= 15 is 0 Å². The first-order valence-electron chi connectivity index (χ1n) is 7.59. The van der Waals surface area contributed by atoms with Gasteiger partial charge in [0.2, 0.25) is 0 Å². The molecule has 0 spiro atoms. The highest BCUT2D eigenvalue weighted by Crippen LogP contribution is 2.66. The van der Waals surface area contributed by atoms with E-state index in [4.69, 9.17) is 19.4 Å². The molecule has 1 aromatic heterocycles. The van der Waals surface area contributed by atoms with Crippen molar-refractivity contribution in [1.29, 1.82) is 0 Å². The number of phosphoric ester groups is 1. The highest BCUT2D eigenvalue weighted by Gasteiger charge is 2.58. The number of phosphoric acid groups is 3. The molecule has 3 heterocycles. The van der Waals surface area contributed by atoms with Crippen LogP contribution in [0.5, 0.6) is 0 Å². The summed E-state index contributed by atoms with van der Waals surface area (Å²) in [6.45, 7) is 0.888. The van der Waals surface area contributed by atoms with Crippen molar-refractivity contribution in [2.75, 3.05) is 6.61 Å². The lowest BCUT2D eigenvalue weighted by molar-refractivity contribution is -0.0252. The van der Waals surface area contributed by atoms with Gasteiger partial charge in [0.1, 0.15) is 0 Å². The monoisotopic (exact) mass is 496 g/mol. The summed E-state index contributed by atoms with van der Waals surface area (Å²) < 4.78 is 52.2. The topological polar surface area (TPSA) is 224 Å². The predicted octanol–water partition coefficient (Wildman–Crippen LogP) is -0.430.